The number of aliphatic hydroxyl groups excluding tert-OH is 5. The van der Waals surface area contributed by atoms with Crippen molar-refractivity contribution in [2.75, 3.05) is 6.61 Å². The van der Waals surface area contributed by atoms with Gasteiger partial charge in [0.25, 0.3) is 0 Å². The molecule has 0 heterocycles. The predicted octanol–water partition coefficient (Wildman–Crippen LogP) is -1.45. The number of carbonyl (C=O) groups excluding carboxylic acids is 1. The van der Waals surface area contributed by atoms with E-state index in [0.717, 1.165) is 0 Å². The summed E-state index contributed by atoms with van der Waals surface area (Å²) in [5.74, 6) is 0. The number of hydrogen-bond acceptors (Lipinski definition) is 8. The molecule has 0 bridgehead atoms. The van der Waals surface area contributed by atoms with Gasteiger partial charge in [-0.25, -0.2) is 0 Å². The Balaban J connectivity index is -0.000000377. The Kier molecular flexibility index (Phi) is 18.6. The molecule has 0 rings (SSSR count). The molecule has 0 aliphatic heterocycles. The number of aliphatic hydroxyl groups is 5. The Morgan fingerprint density at radius 2 is 1.50 bits per heavy atom. The third-order valence-electron chi connectivity index (χ3n) is 1.42. The quantitative estimate of drug-likeness (QED) is 0.300. The van der Waals surface area contributed by atoms with Gasteiger partial charge < -0.3 is 30.3 Å². The zero-order chi connectivity index (χ0) is 12.4. The second-order valence-corrected chi connectivity index (χ2v) is 5.98. The van der Waals surface area contributed by atoms with Crippen LogP contribution in [0.4, 0.5) is 0 Å². The SMILES string of the molecule is C.O=CC(O)C(O)C(O)C(O)CO.[S]=[Mo]=[S]. The summed E-state index contributed by atoms with van der Waals surface area (Å²) in [4.78, 5) is 9.90. The van der Waals surface area contributed by atoms with Gasteiger partial charge in [0.1, 0.15) is 24.4 Å². The fourth-order valence-corrected chi connectivity index (χ4v) is 0.618. The van der Waals surface area contributed by atoms with Gasteiger partial charge in [-0.2, -0.15) is 0 Å². The summed E-state index contributed by atoms with van der Waals surface area (Å²) in [5.41, 5.74) is 0. The Morgan fingerprint density at radius 3 is 1.75 bits per heavy atom. The van der Waals surface area contributed by atoms with E-state index in [2.05, 4.69) is 19.6 Å². The van der Waals surface area contributed by atoms with Crippen LogP contribution < -0.4 is 0 Å². The predicted molar refractivity (Wildman–Crippen MR) is 59.1 cm³/mol. The molecule has 0 radical (unpaired) electrons. The van der Waals surface area contributed by atoms with E-state index in [1.165, 1.54) is 0 Å². The molecule has 0 aromatic carbocycles. The van der Waals surface area contributed by atoms with E-state index < -0.39 is 31.0 Å². The average Bonchev–Trinajstić information content (AvgIpc) is 2.25. The number of rotatable bonds is 5. The van der Waals surface area contributed by atoms with Gasteiger partial charge in [-0.1, -0.05) is 7.43 Å². The Labute approximate surface area is 109 Å². The van der Waals surface area contributed by atoms with Crippen LogP contribution in [0.3, 0.4) is 0 Å². The third-order valence-corrected chi connectivity index (χ3v) is 1.42. The fraction of sp³-hybridized carbons (Fsp3) is 0.857. The van der Waals surface area contributed by atoms with E-state index in [1.807, 2.05) is 0 Å². The molecular formula is C7H16MoO6S2. The van der Waals surface area contributed by atoms with Crippen molar-refractivity contribution in [3.63, 3.8) is 0 Å². The number of hydrogen-bond donors (Lipinski definition) is 5. The molecule has 0 aliphatic carbocycles. The molecule has 0 aromatic heterocycles. The van der Waals surface area contributed by atoms with Crippen LogP contribution in [0.2, 0.25) is 0 Å². The second kappa shape index (κ2) is 13.7. The average molecular weight is 356 g/mol. The molecule has 0 aliphatic rings. The van der Waals surface area contributed by atoms with Gasteiger partial charge in [0.2, 0.25) is 0 Å². The first-order valence-electron chi connectivity index (χ1n) is 3.66. The first-order valence-corrected chi connectivity index (χ1v) is 9.24. The fourth-order valence-electron chi connectivity index (χ4n) is 0.618. The van der Waals surface area contributed by atoms with Crippen LogP contribution in [0.5, 0.6) is 0 Å². The zero-order valence-electron chi connectivity index (χ0n) is 7.46. The summed E-state index contributed by atoms with van der Waals surface area (Å²) in [6.07, 6.45) is -6.84. The van der Waals surface area contributed by atoms with Gasteiger partial charge in [-0.15, -0.1) is 0 Å². The van der Waals surface area contributed by atoms with E-state index in [-0.39, 0.29) is 28.6 Å². The summed E-state index contributed by atoms with van der Waals surface area (Å²) < 4.78 is 0. The van der Waals surface area contributed by atoms with Gasteiger partial charge in [0.05, 0.1) is 6.61 Å². The van der Waals surface area contributed by atoms with Gasteiger partial charge in [-0.05, 0) is 0 Å². The maximum atomic E-state index is 9.90. The van der Waals surface area contributed by atoms with Crippen molar-refractivity contribution in [3.05, 3.63) is 0 Å². The molecule has 0 fully saturated rings. The summed E-state index contributed by atoms with van der Waals surface area (Å²) >= 11 is -0.363. The van der Waals surface area contributed by atoms with E-state index in [1.54, 1.807) is 0 Å². The van der Waals surface area contributed by atoms with Gasteiger partial charge >= 0.3 is 34.6 Å². The molecule has 5 N–H and O–H groups in total. The van der Waals surface area contributed by atoms with Crippen LogP contribution in [0.15, 0.2) is 0 Å². The molecule has 98 valence electrons. The monoisotopic (exact) mass is 358 g/mol. The Bertz CT molecular complexity index is 211. The number of carbonyl (C=O) groups is 1. The standard InChI is InChI=1S/C6H12O6.CH4.Mo.2S/c7-1-3(9)5(11)6(12)4(10)2-8;;;;/h1,3-6,8-12H,2H2;1H4;;;. The Hall–Kier alpha value is 0.598. The molecular weight excluding hydrogens is 340 g/mol. The molecule has 0 saturated heterocycles. The van der Waals surface area contributed by atoms with Gasteiger partial charge in [-0.3, -0.25) is 0 Å². The second-order valence-electron chi connectivity index (χ2n) is 2.43. The van der Waals surface area contributed by atoms with Crippen LogP contribution in [-0.4, -0.2) is 62.8 Å². The van der Waals surface area contributed by atoms with Crippen molar-refractivity contribution >= 4 is 25.9 Å². The molecule has 0 aromatic rings. The number of aldehydes is 1. The van der Waals surface area contributed by atoms with Crippen molar-refractivity contribution in [2.24, 2.45) is 0 Å². The zero-order valence-corrected chi connectivity index (χ0v) is 11.1. The van der Waals surface area contributed by atoms with Crippen molar-refractivity contribution in [1.29, 1.82) is 0 Å². The summed E-state index contributed by atoms with van der Waals surface area (Å²) in [6, 6.07) is 0. The van der Waals surface area contributed by atoms with E-state index in [0.29, 0.717) is 0 Å². The molecule has 6 nitrogen and oxygen atoms in total. The minimum atomic E-state index is -1.79. The van der Waals surface area contributed by atoms with Gasteiger partial charge in [0, 0.05) is 0 Å². The van der Waals surface area contributed by atoms with Crippen LogP contribution >= 0.6 is 19.6 Å². The van der Waals surface area contributed by atoms with Gasteiger partial charge in [0.15, 0.2) is 6.29 Å². The first-order chi connectivity index (χ1) is 6.95. The molecule has 9 heteroatoms. The molecule has 0 spiro atoms. The van der Waals surface area contributed by atoms with E-state index in [4.69, 9.17) is 25.5 Å². The minimum absolute atomic E-state index is 0. The molecule has 0 amide bonds. The van der Waals surface area contributed by atoms with Crippen molar-refractivity contribution in [1.82, 2.24) is 0 Å². The topological polar surface area (TPSA) is 118 Å². The summed E-state index contributed by atoms with van der Waals surface area (Å²) in [7, 11) is 8.68. The summed E-state index contributed by atoms with van der Waals surface area (Å²) in [6.45, 7) is -0.760. The molecule has 0 saturated carbocycles. The van der Waals surface area contributed by atoms with Crippen molar-refractivity contribution < 1.29 is 45.3 Å². The van der Waals surface area contributed by atoms with Crippen LogP contribution in [0.25, 0.3) is 0 Å². The van der Waals surface area contributed by atoms with Crippen LogP contribution in [0, 0.1) is 0 Å². The third kappa shape index (κ3) is 9.80. The van der Waals surface area contributed by atoms with Crippen LogP contribution in [-0.2, 0) is 19.7 Å². The van der Waals surface area contributed by atoms with Crippen molar-refractivity contribution in [2.45, 2.75) is 31.8 Å². The van der Waals surface area contributed by atoms with Crippen LogP contribution in [0.1, 0.15) is 7.43 Å². The maximum absolute atomic E-state index is 9.90. The van der Waals surface area contributed by atoms with E-state index in [9.17, 15) is 4.79 Å². The molecule has 4 unspecified atom stereocenters. The molecule has 4 atom stereocenters. The van der Waals surface area contributed by atoms with E-state index >= 15 is 0 Å². The first kappa shape index (κ1) is 21.8. The normalized spacial score (nSPS) is 16.6. The molecule has 16 heavy (non-hydrogen) atoms. The summed E-state index contributed by atoms with van der Waals surface area (Å²) in [5, 5.41) is 43.5. The Morgan fingerprint density at radius 1 is 1.12 bits per heavy atom. The van der Waals surface area contributed by atoms with Crippen molar-refractivity contribution in [3.8, 4) is 0 Å².